The van der Waals surface area contributed by atoms with Crippen LogP contribution in [0.2, 0.25) is 0 Å². The molecule has 0 radical (unpaired) electrons. The van der Waals surface area contributed by atoms with Gasteiger partial charge in [0.15, 0.2) is 5.60 Å². The fourth-order valence-electron chi connectivity index (χ4n) is 4.38. The van der Waals surface area contributed by atoms with Crippen molar-refractivity contribution < 1.29 is 9.90 Å². The number of anilines is 1. The second-order valence-electron chi connectivity index (χ2n) is 7.94. The lowest BCUT2D eigenvalue weighted by Gasteiger charge is -2.24. The molecule has 1 atom stereocenters. The van der Waals surface area contributed by atoms with Crippen LogP contribution in [0.1, 0.15) is 27.8 Å². The Morgan fingerprint density at radius 2 is 1.83 bits per heavy atom. The minimum absolute atomic E-state index is 0.332. The molecule has 5 rings (SSSR count). The summed E-state index contributed by atoms with van der Waals surface area (Å²) in [5.41, 5.74) is 4.37. The van der Waals surface area contributed by atoms with Crippen LogP contribution in [0.5, 0.6) is 0 Å². The number of rotatable bonds is 3. The maximum absolute atomic E-state index is 13.8. The zero-order valence-corrected chi connectivity index (χ0v) is 18.3. The van der Waals surface area contributed by atoms with Crippen LogP contribution in [0, 0.1) is 13.8 Å². The molecule has 2 N–H and O–H groups in total. The maximum atomic E-state index is 13.8. The molecule has 3 aromatic carbocycles. The minimum atomic E-state index is -1.75. The number of aromatic nitrogens is 1. The number of amides is 1. The molecule has 1 unspecified atom stereocenters. The number of carbonyl (C=O) groups excluding carboxylic acids is 1. The predicted octanol–water partition coefficient (Wildman–Crippen LogP) is 5.33. The lowest BCUT2D eigenvalue weighted by Crippen LogP contribution is -2.40. The highest BCUT2D eigenvalue weighted by molar-refractivity contribution is 9.10. The Hall–Kier alpha value is -2.89. The van der Waals surface area contributed by atoms with E-state index >= 15 is 0 Å². The summed E-state index contributed by atoms with van der Waals surface area (Å²) in [7, 11) is 0. The summed E-state index contributed by atoms with van der Waals surface area (Å²) in [5, 5.41) is 12.8. The number of hydrogen-bond donors (Lipinski definition) is 2. The molecule has 1 aliphatic rings. The Morgan fingerprint density at radius 1 is 1.03 bits per heavy atom. The van der Waals surface area contributed by atoms with Crippen LogP contribution >= 0.6 is 15.9 Å². The smallest absolute Gasteiger partial charge is 0.268 e. The molecule has 4 aromatic rings. The van der Waals surface area contributed by atoms with Crippen molar-refractivity contribution in [1.29, 1.82) is 0 Å². The SMILES string of the molecule is Cc1ccc(C)c(CN2C(=O)C(O)(c3c[nH]c4ccccc34)c3cc(Br)ccc32)c1. The van der Waals surface area contributed by atoms with Gasteiger partial charge in [-0.2, -0.15) is 0 Å². The van der Waals surface area contributed by atoms with Crippen molar-refractivity contribution >= 4 is 38.4 Å². The normalized spacial score (nSPS) is 18.3. The monoisotopic (exact) mass is 460 g/mol. The van der Waals surface area contributed by atoms with Gasteiger partial charge in [0.1, 0.15) is 0 Å². The van der Waals surface area contributed by atoms with Crippen molar-refractivity contribution in [2.24, 2.45) is 0 Å². The first-order valence-corrected chi connectivity index (χ1v) is 10.7. The molecule has 5 heteroatoms. The molecule has 30 heavy (non-hydrogen) atoms. The molecule has 1 amide bonds. The average Bonchev–Trinajstić information content (AvgIpc) is 3.25. The Labute approximate surface area is 183 Å². The average molecular weight is 461 g/mol. The Kier molecular flexibility index (Phi) is 4.34. The van der Waals surface area contributed by atoms with Gasteiger partial charge in [0.05, 0.1) is 12.2 Å². The summed E-state index contributed by atoms with van der Waals surface area (Å²) in [6, 6.07) is 19.6. The van der Waals surface area contributed by atoms with Crippen molar-refractivity contribution in [3.8, 4) is 0 Å². The van der Waals surface area contributed by atoms with Gasteiger partial charge in [0, 0.05) is 32.7 Å². The van der Waals surface area contributed by atoms with Crippen LogP contribution in [0.4, 0.5) is 5.69 Å². The van der Waals surface area contributed by atoms with E-state index in [4.69, 9.17) is 0 Å². The highest BCUT2D eigenvalue weighted by Gasteiger charge is 2.52. The number of fused-ring (bicyclic) bond motifs is 2. The number of hydrogen-bond acceptors (Lipinski definition) is 2. The summed E-state index contributed by atoms with van der Waals surface area (Å²) < 4.78 is 0.820. The molecular weight excluding hydrogens is 440 g/mol. The number of carbonyl (C=O) groups is 1. The molecule has 0 aliphatic carbocycles. The number of nitrogens with one attached hydrogen (secondary N) is 1. The molecular formula is C25H21BrN2O2. The Morgan fingerprint density at radius 3 is 2.67 bits per heavy atom. The van der Waals surface area contributed by atoms with Gasteiger partial charge in [0.2, 0.25) is 0 Å². The minimum Gasteiger partial charge on any atom is -0.372 e. The van der Waals surface area contributed by atoms with E-state index in [-0.39, 0.29) is 5.91 Å². The van der Waals surface area contributed by atoms with Crippen LogP contribution in [0.25, 0.3) is 10.9 Å². The van der Waals surface area contributed by atoms with Gasteiger partial charge in [0.25, 0.3) is 5.91 Å². The fraction of sp³-hybridized carbons (Fsp3) is 0.160. The second-order valence-corrected chi connectivity index (χ2v) is 8.86. The van der Waals surface area contributed by atoms with E-state index in [1.807, 2.05) is 56.3 Å². The van der Waals surface area contributed by atoms with E-state index in [1.165, 1.54) is 0 Å². The number of aromatic amines is 1. The molecule has 0 saturated carbocycles. The number of halogens is 1. The van der Waals surface area contributed by atoms with Crippen molar-refractivity contribution in [2.75, 3.05) is 4.90 Å². The van der Waals surface area contributed by atoms with E-state index in [0.29, 0.717) is 17.7 Å². The van der Waals surface area contributed by atoms with Crippen LogP contribution in [-0.2, 0) is 16.9 Å². The summed E-state index contributed by atoms with van der Waals surface area (Å²) in [4.78, 5) is 18.7. The standard InChI is InChI=1S/C25H21BrN2O2/c1-15-7-8-16(2)17(11-15)14-28-23-10-9-18(26)12-20(23)25(30,24(28)29)21-13-27-22-6-4-3-5-19(21)22/h3-13,27,30H,14H2,1-2H3. The quantitative estimate of drug-likeness (QED) is 0.434. The highest BCUT2D eigenvalue weighted by Crippen LogP contribution is 2.47. The van der Waals surface area contributed by atoms with Crippen LogP contribution in [0.3, 0.4) is 0 Å². The number of nitrogens with zero attached hydrogens (tertiary/aromatic N) is 1. The summed E-state index contributed by atoms with van der Waals surface area (Å²) in [5.74, 6) is -0.332. The van der Waals surface area contributed by atoms with E-state index in [0.717, 1.165) is 37.8 Å². The first-order chi connectivity index (χ1) is 14.4. The first-order valence-electron chi connectivity index (χ1n) is 9.86. The van der Waals surface area contributed by atoms with Gasteiger partial charge in [-0.25, -0.2) is 0 Å². The zero-order valence-electron chi connectivity index (χ0n) is 16.7. The molecule has 0 saturated heterocycles. The van der Waals surface area contributed by atoms with E-state index in [1.54, 1.807) is 11.1 Å². The molecule has 1 aliphatic heterocycles. The summed E-state index contributed by atoms with van der Waals surface area (Å²) in [6.45, 7) is 4.50. The van der Waals surface area contributed by atoms with E-state index < -0.39 is 5.60 Å². The van der Waals surface area contributed by atoms with E-state index in [9.17, 15) is 9.90 Å². The van der Waals surface area contributed by atoms with Gasteiger partial charge in [-0.15, -0.1) is 0 Å². The Bertz CT molecular complexity index is 1310. The summed E-state index contributed by atoms with van der Waals surface area (Å²) in [6.07, 6.45) is 1.74. The van der Waals surface area contributed by atoms with Crippen LogP contribution in [-0.4, -0.2) is 16.0 Å². The van der Waals surface area contributed by atoms with Gasteiger partial charge in [-0.1, -0.05) is 57.9 Å². The fourth-order valence-corrected chi connectivity index (χ4v) is 4.74. The predicted molar refractivity (Wildman–Crippen MR) is 123 cm³/mol. The molecule has 4 nitrogen and oxygen atoms in total. The molecule has 0 bridgehead atoms. The number of H-pyrrole nitrogens is 1. The first kappa shape index (κ1) is 19.1. The highest BCUT2D eigenvalue weighted by atomic mass is 79.9. The maximum Gasteiger partial charge on any atom is 0.268 e. The number of aryl methyl sites for hydroxylation is 2. The molecule has 2 heterocycles. The van der Waals surface area contributed by atoms with Crippen LogP contribution in [0.15, 0.2) is 71.3 Å². The van der Waals surface area contributed by atoms with Gasteiger partial charge in [-0.05, 0) is 49.2 Å². The number of aliphatic hydroxyl groups is 1. The lowest BCUT2D eigenvalue weighted by molar-refractivity contribution is -0.132. The topological polar surface area (TPSA) is 56.3 Å². The molecule has 0 spiro atoms. The largest absolute Gasteiger partial charge is 0.372 e. The molecule has 0 fully saturated rings. The van der Waals surface area contributed by atoms with Gasteiger partial charge < -0.3 is 15.0 Å². The van der Waals surface area contributed by atoms with Crippen molar-refractivity contribution in [2.45, 2.75) is 26.0 Å². The third-order valence-corrected chi connectivity index (χ3v) is 6.50. The van der Waals surface area contributed by atoms with Crippen LogP contribution < -0.4 is 4.90 Å². The second kappa shape index (κ2) is 6.83. The van der Waals surface area contributed by atoms with Gasteiger partial charge >= 0.3 is 0 Å². The van der Waals surface area contributed by atoms with Gasteiger partial charge in [-0.3, -0.25) is 4.79 Å². The van der Waals surface area contributed by atoms with Crippen molar-refractivity contribution in [3.05, 3.63) is 99.2 Å². The molecule has 150 valence electrons. The Balaban J connectivity index is 1.70. The third-order valence-electron chi connectivity index (χ3n) is 6.01. The number of para-hydroxylation sites is 1. The number of benzene rings is 3. The van der Waals surface area contributed by atoms with E-state index in [2.05, 4.69) is 39.1 Å². The van der Waals surface area contributed by atoms with Crippen molar-refractivity contribution in [1.82, 2.24) is 4.98 Å². The zero-order chi connectivity index (χ0) is 21.0. The summed E-state index contributed by atoms with van der Waals surface area (Å²) >= 11 is 3.51. The van der Waals surface area contributed by atoms with Crippen molar-refractivity contribution in [3.63, 3.8) is 0 Å². The third kappa shape index (κ3) is 2.73. The molecule has 1 aromatic heterocycles. The lowest BCUT2D eigenvalue weighted by atomic mass is 9.87.